The number of ether oxygens (including phenoxy) is 5. The third-order valence-electron chi connectivity index (χ3n) is 8.71. The van der Waals surface area contributed by atoms with Gasteiger partial charge in [-0.15, -0.1) is 0 Å². The Kier molecular flexibility index (Phi) is 16.4. The number of fused-ring (bicyclic) bond motifs is 1. The highest BCUT2D eigenvalue weighted by Gasteiger charge is 2.35. The van der Waals surface area contributed by atoms with Crippen molar-refractivity contribution in [2.45, 2.75) is 72.6 Å². The molecule has 3 aromatic carbocycles. The van der Waals surface area contributed by atoms with Crippen LogP contribution >= 0.6 is 0 Å². The summed E-state index contributed by atoms with van der Waals surface area (Å²) in [6.07, 6.45) is 2.38. The number of anilines is 1. The standard InChI is InChI=1S/C45H52N2O11/c1-8-54-39(48)24-21-33(26-36-22-23-38(57-36)42(50)46-35-17-11-10-12-18-35)30(3)47(28-31-19-20-32-15-13-14-16-34(32)25-31)43(51)41(56-29-53-7)37(44(52)55-9-2)27-40(49)58-45(4,5)6/h10-25,30,33H,8-9,26-29H2,1-7H3,(H,46,50)/b24-21+,41-37?. The van der Waals surface area contributed by atoms with Gasteiger partial charge in [-0.3, -0.25) is 14.4 Å². The number of rotatable bonds is 19. The van der Waals surface area contributed by atoms with Gasteiger partial charge in [0, 0.05) is 43.8 Å². The fraction of sp³-hybridized carbons (Fsp3) is 0.356. The molecular formula is C45H52N2O11. The molecular weight excluding hydrogens is 744 g/mol. The van der Waals surface area contributed by atoms with Gasteiger partial charge in [0.1, 0.15) is 11.4 Å². The van der Waals surface area contributed by atoms with Gasteiger partial charge < -0.3 is 38.3 Å². The minimum atomic E-state index is -0.943. The van der Waals surface area contributed by atoms with Crippen molar-refractivity contribution in [3.05, 3.63) is 125 Å². The minimum Gasteiger partial charge on any atom is -0.463 e. The molecule has 1 aromatic heterocycles. The smallest absolute Gasteiger partial charge is 0.338 e. The molecule has 13 heteroatoms. The lowest BCUT2D eigenvalue weighted by Gasteiger charge is -2.34. The first kappa shape index (κ1) is 44.5. The summed E-state index contributed by atoms with van der Waals surface area (Å²) in [5.41, 5.74) is 0.0799. The SMILES string of the molecule is CCOC(=O)/C=C/C(Cc1ccc(C(=O)Nc2ccccc2)o1)C(C)N(Cc1ccc2ccccc2c1)C(=O)C(OCOC)=C(CC(=O)OC(C)(C)C)C(=O)OCC. The maximum atomic E-state index is 15.1. The van der Waals surface area contributed by atoms with Crippen molar-refractivity contribution in [2.24, 2.45) is 5.92 Å². The van der Waals surface area contributed by atoms with Gasteiger partial charge in [0.05, 0.1) is 25.2 Å². The zero-order valence-corrected chi connectivity index (χ0v) is 34.1. The molecule has 4 aromatic rings. The lowest BCUT2D eigenvalue weighted by Crippen LogP contribution is -2.44. The topological polar surface area (TPSA) is 160 Å². The van der Waals surface area contributed by atoms with E-state index in [9.17, 15) is 19.2 Å². The van der Waals surface area contributed by atoms with E-state index in [4.69, 9.17) is 28.1 Å². The second-order valence-corrected chi connectivity index (χ2v) is 14.3. The molecule has 4 rings (SSSR count). The number of methoxy groups -OCH3 is 1. The lowest BCUT2D eigenvalue weighted by molar-refractivity contribution is -0.155. The van der Waals surface area contributed by atoms with Gasteiger partial charge in [0.2, 0.25) is 0 Å². The number of carbonyl (C=O) groups excluding carboxylic acids is 5. The largest absolute Gasteiger partial charge is 0.463 e. The quantitative estimate of drug-likeness (QED) is 0.0328. The van der Waals surface area contributed by atoms with Crippen molar-refractivity contribution in [3.63, 3.8) is 0 Å². The molecule has 2 unspecified atom stereocenters. The summed E-state index contributed by atoms with van der Waals surface area (Å²) in [6, 6.07) is 24.9. The Morgan fingerprint density at radius 1 is 0.845 bits per heavy atom. The van der Waals surface area contributed by atoms with Crippen LogP contribution in [0.15, 0.2) is 113 Å². The van der Waals surface area contributed by atoms with Gasteiger partial charge in [0.15, 0.2) is 18.3 Å². The zero-order chi connectivity index (χ0) is 42.2. The van der Waals surface area contributed by atoms with Crippen LogP contribution in [0.25, 0.3) is 10.8 Å². The first-order chi connectivity index (χ1) is 27.7. The maximum absolute atomic E-state index is 15.1. The number of hydrogen-bond donors (Lipinski definition) is 1. The van der Waals surface area contributed by atoms with E-state index >= 15 is 4.79 Å². The maximum Gasteiger partial charge on any atom is 0.338 e. The molecule has 0 bridgehead atoms. The number of nitrogens with zero attached hydrogens (tertiary/aromatic N) is 1. The van der Waals surface area contributed by atoms with Gasteiger partial charge in [-0.2, -0.15) is 0 Å². The van der Waals surface area contributed by atoms with Crippen LogP contribution in [0.2, 0.25) is 0 Å². The van der Waals surface area contributed by atoms with Gasteiger partial charge in [0.25, 0.3) is 11.8 Å². The van der Waals surface area contributed by atoms with Crippen molar-refractivity contribution >= 4 is 46.2 Å². The number of hydrogen-bond acceptors (Lipinski definition) is 11. The van der Waals surface area contributed by atoms with Gasteiger partial charge >= 0.3 is 17.9 Å². The van der Waals surface area contributed by atoms with E-state index in [1.54, 1.807) is 84.0 Å². The monoisotopic (exact) mass is 796 g/mol. The highest BCUT2D eigenvalue weighted by molar-refractivity contribution is 6.04. The summed E-state index contributed by atoms with van der Waals surface area (Å²) in [4.78, 5) is 69.0. The average Bonchev–Trinajstić information content (AvgIpc) is 3.66. The average molecular weight is 797 g/mol. The number of nitrogens with one attached hydrogen (secondary N) is 1. The molecule has 0 radical (unpaired) electrons. The molecule has 308 valence electrons. The summed E-state index contributed by atoms with van der Waals surface area (Å²) >= 11 is 0. The van der Waals surface area contributed by atoms with Gasteiger partial charge in [-0.25, -0.2) is 9.59 Å². The van der Waals surface area contributed by atoms with E-state index in [1.165, 1.54) is 18.1 Å². The highest BCUT2D eigenvalue weighted by atomic mass is 16.7. The highest BCUT2D eigenvalue weighted by Crippen LogP contribution is 2.28. The Bertz CT molecular complexity index is 2100. The second kappa shape index (κ2) is 21.4. The van der Waals surface area contributed by atoms with E-state index in [2.05, 4.69) is 5.32 Å². The number of furan rings is 1. The molecule has 2 atom stereocenters. The fourth-order valence-corrected chi connectivity index (χ4v) is 6.03. The number of para-hydroxylation sites is 1. The van der Waals surface area contributed by atoms with E-state index in [0.29, 0.717) is 11.4 Å². The zero-order valence-electron chi connectivity index (χ0n) is 34.1. The van der Waals surface area contributed by atoms with E-state index in [0.717, 1.165) is 16.3 Å². The summed E-state index contributed by atoms with van der Waals surface area (Å²) in [5, 5.41) is 4.72. The molecule has 0 spiro atoms. The Morgan fingerprint density at radius 2 is 1.53 bits per heavy atom. The van der Waals surface area contributed by atoms with Gasteiger partial charge in [-0.05, 0) is 88.2 Å². The molecule has 0 aliphatic rings. The van der Waals surface area contributed by atoms with Crippen LogP contribution < -0.4 is 5.32 Å². The Labute approximate surface area is 338 Å². The van der Waals surface area contributed by atoms with Crippen LogP contribution in [0.4, 0.5) is 5.69 Å². The molecule has 1 N–H and O–H groups in total. The normalized spacial score (nSPS) is 12.9. The predicted octanol–water partition coefficient (Wildman–Crippen LogP) is 7.55. The van der Waals surface area contributed by atoms with Crippen LogP contribution in [0.5, 0.6) is 0 Å². The summed E-state index contributed by atoms with van der Waals surface area (Å²) in [5.74, 6) is -4.21. The third kappa shape index (κ3) is 13.2. The Balaban J connectivity index is 1.83. The molecule has 13 nitrogen and oxygen atoms in total. The van der Waals surface area contributed by atoms with Crippen molar-refractivity contribution < 1.29 is 52.1 Å². The Hall–Kier alpha value is -6.21. The molecule has 2 amide bonds. The van der Waals surface area contributed by atoms with Crippen molar-refractivity contribution in [1.29, 1.82) is 0 Å². The molecule has 58 heavy (non-hydrogen) atoms. The van der Waals surface area contributed by atoms with Crippen molar-refractivity contribution in [3.8, 4) is 0 Å². The predicted molar refractivity (Wildman–Crippen MR) is 217 cm³/mol. The van der Waals surface area contributed by atoms with Crippen LogP contribution in [-0.4, -0.2) is 73.4 Å². The third-order valence-corrected chi connectivity index (χ3v) is 8.71. The molecule has 0 aliphatic heterocycles. The number of amides is 2. The first-order valence-corrected chi connectivity index (χ1v) is 19.0. The number of esters is 3. The molecule has 0 fully saturated rings. The van der Waals surface area contributed by atoms with E-state index in [1.807, 2.05) is 48.5 Å². The molecule has 0 saturated carbocycles. The number of carbonyl (C=O) groups is 5. The lowest BCUT2D eigenvalue weighted by atomic mass is 9.93. The summed E-state index contributed by atoms with van der Waals surface area (Å²) < 4.78 is 33.1. The molecule has 0 saturated heterocycles. The fourth-order valence-electron chi connectivity index (χ4n) is 6.03. The summed E-state index contributed by atoms with van der Waals surface area (Å²) in [7, 11) is 1.35. The molecule has 1 heterocycles. The van der Waals surface area contributed by atoms with Crippen LogP contribution in [-0.2, 0) is 55.8 Å². The van der Waals surface area contributed by atoms with Crippen LogP contribution in [0, 0.1) is 5.92 Å². The van der Waals surface area contributed by atoms with Crippen LogP contribution in [0.1, 0.15) is 69.8 Å². The van der Waals surface area contributed by atoms with Crippen LogP contribution in [0.3, 0.4) is 0 Å². The molecule has 0 aliphatic carbocycles. The first-order valence-electron chi connectivity index (χ1n) is 19.0. The van der Waals surface area contributed by atoms with E-state index < -0.39 is 66.3 Å². The van der Waals surface area contributed by atoms with E-state index in [-0.39, 0.29) is 37.5 Å². The minimum absolute atomic E-state index is 0.000147. The second-order valence-electron chi connectivity index (χ2n) is 14.3. The van der Waals surface area contributed by atoms with Crippen molar-refractivity contribution in [1.82, 2.24) is 4.90 Å². The Morgan fingerprint density at radius 3 is 2.21 bits per heavy atom. The summed E-state index contributed by atoms with van der Waals surface area (Å²) in [6.45, 7) is 9.76. The number of benzene rings is 3. The van der Waals surface area contributed by atoms with Gasteiger partial charge in [-0.1, -0.05) is 60.7 Å². The van der Waals surface area contributed by atoms with Crippen molar-refractivity contribution in [2.75, 3.05) is 32.4 Å².